The second kappa shape index (κ2) is 8.99. The molecule has 27 heavy (non-hydrogen) atoms. The van der Waals surface area contributed by atoms with Crippen LogP contribution in [0.25, 0.3) is 0 Å². The van der Waals surface area contributed by atoms with E-state index in [9.17, 15) is 17.6 Å². The van der Waals surface area contributed by atoms with Crippen molar-refractivity contribution in [1.82, 2.24) is 0 Å². The van der Waals surface area contributed by atoms with Crippen LogP contribution in [0, 0.1) is 12.7 Å². The normalized spacial score (nSPS) is 11.3. The maximum absolute atomic E-state index is 13.1. The van der Waals surface area contributed by atoms with Crippen molar-refractivity contribution in [3.05, 3.63) is 59.4 Å². The zero-order chi connectivity index (χ0) is 20.0. The highest BCUT2D eigenvalue weighted by molar-refractivity contribution is 7.92. The maximum Gasteiger partial charge on any atom is 0.232 e. The van der Waals surface area contributed by atoms with Crippen molar-refractivity contribution in [2.75, 3.05) is 22.4 Å². The van der Waals surface area contributed by atoms with E-state index in [0.717, 1.165) is 29.5 Å². The zero-order valence-corrected chi connectivity index (χ0v) is 16.6. The summed E-state index contributed by atoms with van der Waals surface area (Å²) in [5.74, 6) is -0.594. The van der Waals surface area contributed by atoms with Gasteiger partial charge in [-0.3, -0.25) is 9.10 Å². The second-order valence-corrected chi connectivity index (χ2v) is 8.33. The number of hydrogen-bond donors (Lipinski definition) is 1. The number of para-hydroxylation sites is 1. The summed E-state index contributed by atoms with van der Waals surface area (Å²) in [6, 6.07) is 11.1. The van der Waals surface area contributed by atoms with Gasteiger partial charge in [-0.05, 0) is 55.2 Å². The fourth-order valence-electron chi connectivity index (χ4n) is 2.88. The van der Waals surface area contributed by atoms with E-state index in [1.807, 2.05) is 32.0 Å². The number of rotatable bonds is 8. The van der Waals surface area contributed by atoms with Gasteiger partial charge >= 0.3 is 0 Å². The van der Waals surface area contributed by atoms with Crippen LogP contribution in [0.1, 0.15) is 30.9 Å². The molecule has 1 N–H and O–H groups in total. The van der Waals surface area contributed by atoms with E-state index >= 15 is 0 Å². The lowest BCUT2D eigenvalue weighted by Gasteiger charge is -2.22. The fourth-order valence-corrected chi connectivity index (χ4v) is 3.85. The second-order valence-electron chi connectivity index (χ2n) is 6.43. The molecular weight excluding hydrogens is 367 g/mol. The smallest absolute Gasteiger partial charge is 0.232 e. The molecule has 0 bridgehead atoms. The number of benzene rings is 2. The highest BCUT2D eigenvalue weighted by atomic mass is 32.2. The molecule has 0 aliphatic heterocycles. The van der Waals surface area contributed by atoms with Gasteiger partial charge in [0, 0.05) is 18.7 Å². The van der Waals surface area contributed by atoms with Crippen LogP contribution in [-0.4, -0.2) is 27.1 Å². The van der Waals surface area contributed by atoms with Gasteiger partial charge in [0.2, 0.25) is 15.9 Å². The van der Waals surface area contributed by atoms with Crippen molar-refractivity contribution in [1.29, 1.82) is 0 Å². The largest absolute Gasteiger partial charge is 0.326 e. The van der Waals surface area contributed by atoms with E-state index in [0.29, 0.717) is 12.1 Å². The highest BCUT2D eigenvalue weighted by Gasteiger charge is 2.18. The molecule has 0 heterocycles. The van der Waals surface area contributed by atoms with E-state index in [2.05, 4.69) is 5.32 Å². The molecule has 1 amide bonds. The van der Waals surface area contributed by atoms with Crippen molar-refractivity contribution in [2.24, 2.45) is 0 Å². The Kier molecular flexibility index (Phi) is 6.96. The van der Waals surface area contributed by atoms with E-state index in [4.69, 9.17) is 0 Å². The molecule has 0 unspecified atom stereocenters. The Bertz CT molecular complexity index is 896. The van der Waals surface area contributed by atoms with Gasteiger partial charge in [-0.15, -0.1) is 0 Å². The molecule has 0 saturated carbocycles. The summed E-state index contributed by atoms with van der Waals surface area (Å²) in [6.45, 7) is 4.11. The first-order valence-corrected chi connectivity index (χ1v) is 10.7. The Balaban J connectivity index is 2.01. The standard InChI is InChI=1S/C20H25FN2O3S/c1-4-16-8-5-7-15(2)20(16)22-19(24)9-6-14-23(27(3,25)26)18-12-10-17(21)11-13-18/h5,7-8,10-13H,4,6,9,14H2,1-3H3,(H,22,24). The minimum atomic E-state index is -3.53. The first kappa shape index (κ1) is 20.9. The number of nitrogens with one attached hydrogen (secondary N) is 1. The van der Waals surface area contributed by atoms with Gasteiger partial charge in [0.05, 0.1) is 11.9 Å². The molecule has 146 valence electrons. The number of carbonyl (C=O) groups excluding carboxylic acids is 1. The Morgan fingerprint density at radius 3 is 2.41 bits per heavy atom. The van der Waals surface area contributed by atoms with Crippen LogP contribution in [-0.2, 0) is 21.2 Å². The summed E-state index contributed by atoms with van der Waals surface area (Å²) in [7, 11) is -3.53. The van der Waals surface area contributed by atoms with Crippen molar-refractivity contribution in [3.63, 3.8) is 0 Å². The lowest BCUT2D eigenvalue weighted by molar-refractivity contribution is -0.116. The maximum atomic E-state index is 13.1. The lowest BCUT2D eigenvalue weighted by Crippen LogP contribution is -2.31. The molecule has 0 radical (unpaired) electrons. The number of anilines is 2. The number of carbonyl (C=O) groups is 1. The number of nitrogens with zero attached hydrogens (tertiary/aromatic N) is 1. The Morgan fingerprint density at radius 1 is 1.15 bits per heavy atom. The SMILES string of the molecule is CCc1cccc(C)c1NC(=O)CCCN(c1ccc(F)cc1)S(C)(=O)=O. The van der Waals surface area contributed by atoms with Gasteiger partial charge < -0.3 is 5.32 Å². The topological polar surface area (TPSA) is 66.5 Å². The number of sulfonamides is 1. The van der Waals surface area contributed by atoms with E-state index in [1.165, 1.54) is 28.6 Å². The Labute approximate surface area is 160 Å². The molecule has 7 heteroatoms. The lowest BCUT2D eigenvalue weighted by atomic mass is 10.1. The highest BCUT2D eigenvalue weighted by Crippen LogP contribution is 2.22. The van der Waals surface area contributed by atoms with Crippen molar-refractivity contribution >= 4 is 27.3 Å². The van der Waals surface area contributed by atoms with Crippen molar-refractivity contribution < 1.29 is 17.6 Å². The summed E-state index contributed by atoms with van der Waals surface area (Å²) < 4.78 is 38.4. The number of amides is 1. The molecule has 0 aliphatic rings. The number of halogens is 1. The third-order valence-electron chi connectivity index (χ3n) is 4.28. The first-order chi connectivity index (χ1) is 12.7. The van der Waals surface area contributed by atoms with Gasteiger partial charge in [0.15, 0.2) is 0 Å². The summed E-state index contributed by atoms with van der Waals surface area (Å²) in [6.07, 6.45) is 2.44. The van der Waals surface area contributed by atoms with E-state index in [1.54, 1.807) is 0 Å². The average molecular weight is 392 g/mol. The van der Waals surface area contributed by atoms with Gasteiger partial charge in [-0.2, -0.15) is 0 Å². The first-order valence-electron chi connectivity index (χ1n) is 8.84. The predicted octanol–water partition coefficient (Wildman–Crippen LogP) is 3.88. The van der Waals surface area contributed by atoms with Crippen molar-refractivity contribution in [2.45, 2.75) is 33.1 Å². The minimum Gasteiger partial charge on any atom is -0.326 e. The van der Waals surface area contributed by atoms with Crippen LogP contribution in [0.2, 0.25) is 0 Å². The van der Waals surface area contributed by atoms with Gasteiger partial charge in [-0.1, -0.05) is 25.1 Å². The molecule has 0 spiro atoms. The fraction of sp³-hybridized carbons (Fsp3) is 0.350. The van der Waals surface area contributed by atoms with Crippen LogP contribution in [0.4, 0.5) is 15.8 Å². The van der Waals surface area contributed by atoms with Gasteiger partial charge in [-0.25, -0.2) is 12.8 Å². The van der Waals surface area contributed by atoms with E-state index < -0.39 is 15.8 Å². The summed E-state index contributed by atoms with van der Waals surface area (Å²) in [4.78, 5) is 12.3. The molecule has 5 nitrogen and oxygen atoms in total. The third kappa shape index (κ3) is 5.79. The number of aryl methyl sites for hydroxylation is 2. The van der Waals surface area contributed by atoms with Crippen molar-refractivity contribution in [3.8, 4) is 0 Å². The van der Waals surface area contributed by atoms with E-state index in [-0.39, 0.29) is 18.9 Å². The summed E-state index contributed by atoms with van der Waals surface area (Å²) in [5.41, 5.74) is 3.26. The van der Waals surface area contributed by atoms with Gasteiger partial charge in [0.1, 0.15) is 5.82 Å². The van der Waals surface area contributed by atoms with Crippen LogP contribution in [0.15, 0.2) is 42.5 Å². The molecule has 0 atom stereocenters. The monoisotopic (exact) mass is 392 g/mol. The minimum absolute atomic E-state index is 0.145. The molecule has 0 aliphatic carbocycles. The van der Waals surface area contributed by atoms with Crippen LogP contribution < -0.4 is 9.62 Å². The van der Waals surface area contributed by atoms with Gasteiger partial charge in [0.25, 0.3) is 0 Å². The summed E-state index contributed by atoms with van der Waals surface area (Å²) in [5, 5.41) is 2.93. The molecule has 0 fully saturated rings. The summed E-state index contributed by atoms with van der Waals surface area (Å²) >= 11 is 0. The predicted molar refractivity (Wildman–Crippen MR) is 107 cm³/mol. The third-order valence-corrected chi connectivity index (χ3v) is 5.48. The average Bonchev–Trinajstić information content (AvgIpc) is 2.60. The quantitative estimate of drug-likeness (QED) is 0.741. The van der Waals surface area contributed by atoms with Crippen LogP contribution in [0.3, 0.4) is 0 Å². The zero-order valence-electron chi connectivity index (χ0n) is 15.8. The number of hydrogen-bond acceptors (Lipinski definition) is 3. The Morgan fingerprint density at radius 2 is 1.81 bits per heavy atom. The molecule has 0 saturated heterocycles. The molecule has 0 aromatic heterocycles. The van der Waals surface area contributed by atoms with Crippen LogP contribution >= 0.6 is 0 Å². The van der Waals surface area contributed by atoms with Crippen LogP contribution in [0.5, 0.6) is 0 Å². The molecular formula is C20H25FN2O3S. The molecule has 2 aromatic carbocycles. The Hall–Kier alpha value is -2.41. The molecule has 2 aromatic rings. The molecule has 2 rings (SSSR count).